The molecular weight excluding hydrogens is 360 g/mol. The van der Waals surface area contributed by atoms with Crippen molar-refractivity contribution in [2.24, 2.45) is 0 Å². The van der Waals surface area contributed by atoms with Gasteiger partial charge in [0.05, 0.1) is 0 Å². The first-order chi connectivity index (χ1) is 13.4. The van der Waals surface area contributed by atoms with Crippen molar-refractivity contribution in [1.29, 1.82) is 0 Å². The molecule has 1 fully saturated rings. The highest BCUT2D eigenvalue weighted by molar-refractivity contribution is 6.04. The number of benzene rings is 1. The number of amides is 4. The smallest absolute Gasteiger partial charge is 0.322 e. The standard InChI is InChI=1S/C10H7N3O3.C10H11NO/c14-9-8(12-10(15)13-9)7-4-5-6(16-7)2-1-3-11-5;1-7-3-4-8-6-11(2)10(12)9(8)5-7/h1-4,8H,(H2,12,13,14,15);3-5H,6H2,1-2H3. The van der Waals surface area contributed by atoms with E-state index >= 15 is 0 Å². The number of furan rings is 1. The Hall–Kier alpha value is -3.68. The van der Waals surface area contributed by atoms with Gasteiger partial charge in [0.2, 0.25) is 0 Å². The molecule has 2 aliphatic heterocycles. The summed E-state index contributed by atoms with van der Waals surface area (Å²) < 4.78 is 5.43. The summed E-state index contributed by atoms with van der Waals surface area (Å²) in [6, 6.07) is 9.90. The van der Waals surface area contributed by atoms with Crippen LogP contribution in [0.4, 0.5) is 4.79 Å². The van der Waals surface area contributed by atoms with E-state index in [4.69, 9.17) is 4.42 Å². The first-order valence-electron chi connectivity index (χ1n) is 8.73. The molecule has 2 N–H and O–H groups in total. The predicted molar refractivity (Wildman–Crippen MR) is 100 cm³/mol. The molecule has 28 heavy (non-hydrogen) atoms. The summed E-state index contributed by atoms with van der Waals surface area (Å²) in [5, 5.41) is 4.60. The zero-order valence-corrected chi connectivity index (χ0v) is 15.4. The lowest BCUT2D eigenvalue weighted by Gasteiger charge is -2.04. The Labute approximate surface area is 160 Å². The molecule has 2 aromatic heterocycles. The molecule has 5 rings (SSSR count). The average Bonchev–Trinajstić information content (AvgIpc) is 3.32. The predicted octanol–water partition coefficient (Wildman–Crippen LogP) is 2.29. The van der Waals surface area contributed by atoms with E-state index in [1.54, 1.807) is 29.3 Å². The fourth-order valence-electron chi connectivity index (χ4n) is 3.21. The Morgan fingerprint density at radius 1 is 1.18 bits per heavy atom. The molecule has 4 amide bonds. The SMILES string of the molecule is Cc1ccc2c(c1)C(=O)N(C)C2.O=C1NC(=O)C(c2cc3ncccc3o2)N1. The lowest BCUT2D eigenvalue weighted by atomic mass is 10.1. The van der Waals surface area contributed by atoms with Crippen molar-refractivity contribution < 1.29 is 18.8 Å². The number of hydrogen-bond acceptors (Lipinski definition) is 5. The summed E-state index contributed by atoms with van der Waals surface area (Å²) in [7, 11) is 1.83. The van der Waals surface area contributed by atoms with Gasteiger partial charge in [0.1, 0.15) is 11.3 Å². The Kier molecular flexibility index (Phi) is 4.31. The molecule has 0 aliphatic carbocycles. The highest BCUT2D eigenvalue weighted by Crippen LogP contribution is 2.24. The largest absolute Gasteiger partial charge is 0.457 e. The topological polar surface area (TPSA) is 105 Å². The fourth-order valence-corrected chi connectivity index (χ4v) is 3.21. The van der Waals surface area contributed by atoms with Gasteiger partial charge in [-0.05, 0) is 30.7 Å². The minimum absolute atomic E-state index is 0.147. The van der Waals surface area contributed by atoms with Gasteiger partial charge in [0.15, 0.2) is 11.6 Å². The van der Waals surface area contributed by atoms with E-state index in [1.165, 1.54) is 0 Å². The van der Waals surface area contributed by atoms with Crippen LogP contribution in [-0.4, -0.2) is 34.8 Å². The Balaban J connectivity index is 0.000000143. The minimum atomic E-state index is -0.762. The van der Waals surface area contributed by atoms with Crippen molar-refractivity contribution in [3.8, 4) is 0 Å². The van der Waals surface area contributed by atoms with E-state index in [0.29, 0.717) is 16.9 Å². The molecule has 3 aromatic rings. The monoisotopic (exact) mass is 378 g/mol. The van der Waals surface area contributed by atoms with Crippen molar-refractivity contribution in [3.63, 3.8) is 0 Å². The Morgan fingerprint density at radius 2 is 2.00 bits per heavy atom. The zero-order valence-electron chi connectivity index (χ0n) is 15.4. The van der Waals surface area contributed by atoms with Crippen molar-refractivity contribution in [2.45, 2.75) is 19.5 Å². The van der Waals surface area contributed by atoms with Gasteiger partial charge in [-0.25, -0.2) is 4.79 Å². The highest BCUT2D eigenvalue weighted by Gasteiger charge is 2.33. The first kappa shape index (κ1) is 17.7. The van der Waals surface area contributed by atoms with Gasteiger partial charge in [-0.1, -0.05) is 17.7 Å². The molecule has 8 heteroatoms. The number of rotatable bonds is 1. The van der Waals surface area contributed by atoms with Crippen LogP contribution in [-0.2, 0) is 11.3 Å². The van der Waals surface area contributed by atoms with E-state index in [1.807, 2.05) is 32.2 Å². The van der Waals surface area contributed by atoms with Gasteiger partial charge in [0, 0.05) is 31.4 Å². The molecule has 142 valence electrons. The summed E-state index contributed by atoms with van der Waals surface area (Å²) in [6.45, 7) is 2.76. The van der Waals surface area contributed by atoms with Crippen molar-refractivity contribution in [2.75, 3.05) is 7.05 Å². The molecule has 0 bridgehead atoms. The number of imide groups is 1. The number of nitrogens with zero attached hydrogens (tertiary/aromatic N) is 2. The van der Waals surface area contributed by atoms with Crippen LogP contribution in [0.5, 0.6) is 0 Å². The maximum Gasteiger partial charge on any atom is 0.322 e. The van der Waals surface area contributed by atoms with Crippen LogP contribution < -0.4 is 10.6 Å². The molecule has 1 unspecified atom stereocenters. The van der Waals surface area contributed by atoms with Crippen molar-refractivity contribution >= 4 is 28.9 Å². The van der Waals surface area contributed by atoms with Crippen LogP contribution >= 0.6 is 0 Å². The minimum Gasteiger partial charge on any atom is -0.457 e. The maximum atomic E-state index is 11.5. The second-order valence-electron chi connectivity index (χ2n) is 6.75. The molecule has 1 saturated heterocycles. The Bertz CT molecular complexity index is 1070. The number of pyridine rings is 1. The summed E-state index contributed by atoms with van der Waals surface area (Å²) in [5.41, 5.74) is 4.42. The van der Waals surface area contributed by atoms with Gasteiger partial charge in [-0.2, -0.15) is 0 Å². The van der Waals surface area contributed by atoms with Crippen LogP contribution in [0.3, 0.4) is 0 Å². The van der Waals surface area contributed by atoms with Crippen molar-refractivity contribution in [1.82, 2.24) is 20.5 Å². The highest BCUT2D eigenvalue weighted by atomic mass is 16.3. The summed E-state index contributed by atoms with van der Waals surface area (Å²) >= 11 is 0. The summed E-state index contributed by atoms with van der Waals surface area (Å²) in [4.78, 5) is 39.6. The number of aryl methyl sites for hydroxylation is 1. The van der Waals surface area contributed by atoms with Crippen LogP contribution in [0.15, 0.2) is 47.0 Å². The average molecular weight is 378 g/mol. The third kappa shape index (κ3) is 3.20. The van der Waals surface area contributed by atoms with E-state index in [0.717, 1.165) is 23.2 Å². The number of aromatic nitrogens is 1. The van der Waals surface area contributed by atoms with E-state index in [-0.39, 0.29) is 5.91 Å². The molecule has 1 atom stereocenters. The number of carbonyl (C=O) groups is 3. The lowest BCUT2D eigenvalue weighted by Crippen LogP contribution is -2.22. The van der Waals surface area contributed by atoms with E-state index < -0.39 is 18.0 Å². The molecule has 0 saturated carbocycles. The molecule has 2 aliphatic rings. The van der Waals surface area contributed by atoms with Gasteiger partial charge in [0.25, 0.3) is 11.8 Å². The van der Waals surface area contributed by atoms with Gasteiger partial charge in [-0.15, -0.1) is 0 Å². The van der Waals surface area contributed by atoms with E-state index in [2.05, 4.69) is 15.6 Å². The normalized spacial score (nSPS) is 17.9. The molecule has 8 nitrogen and oxygen atoms in total. The molecule has 4 heterocycles. The molecular formula is C20H18N4O4. The number of fused-ring (bicyclic) bond motifs is 2. The first-order valence-corrected chi connectivity index (χ1v) is 8.73. The number of hydrogen-bond donors (Lipinski definition) is 2. The van der Waals surface area contributed by atoms with Crippen LogP contribution in [0.2, 0.25) is 0 Å². The molecule has 0 spiro atoms. The van der Waals surface area contributed by atoms with Gasteiger partial charge >= 0.3 is 6.03 Å². The third-order valence-corrected chi connectivity index (χ3v) is 4.62. The van der Waals surface area contributed by atoms with Gasteiger partial charge < -0.3 is 14.6 Å². The second kappa shape index (κ2) is 6.80. The van der Waals surface area contributed by atoms with E-state index in [9.17, 15) is 14.4 Å². The Morgan fingerprint density at radius 3 is 2.71 bits per heavy atom. The lowest BCUT2D eigenvalue weighted by molar-refractivity contribution is -0.120. The quantitative estimate of drug-likeness (QED) is 0.632. The van der Waals surface area contributed by atoms with Crippen LogP contribution in [0, 0.1) is 6.92 Å². The van der Waals surface area contributed by atoms with Crippen molar-refractivity contribution in [3.05, 3.63) is 65.0 Å². The number of carbonyl (C=O) groups excluding carboxylic acids is 3. The molecule has 0 radical (unpaired) electrons. The fraction of sp³-hybridized carbons (Fsp3) is 0.200. The number of urea groups is 1. The third-order valence-electron chi connectivity index (χ3n) is 4.62. The zero-order chi connectivity index (χ0) is 19.8. The number of nitrogens with one attached hydrogen (secondary N) is 2. The molecule has 1 aromatic carbocycles. The summed E-state index contributed by atoms with van der Waals surface area (Å²) in [5.74, 6) is 0.120. The summed E-state index contributed by atoms with van der Waals surface area (Å²) in [6.07, 6.45) is 1.63. The second-order valence-corrected chi connectivity index (χ2v) is 6.75. The van der Waals surface area contributed by atoms with Gasteiger partial charge in [-0.3, -0.25) is 19.9 Å². The van der Waals surface area contributed by atoms with Crippen LogP contribution in [0.1, 0.15) is 33.3 Å². The maximum absolute atomic E-state index is 11.5. The van der Waals surface area contributed by atoms with Crippen LogP contribution in [0.25, 0.3) is 11.1 Å².